The average molecular weight is 592 g/mol. The molecule has 0 fully saturated rings. The Labute approximate surface area is 225 Å². The minimum atomic E-state index is -1.02. The van der Waals surface area contributed by atoms with Crippen LogP contribution < -0.4 is 25.5 Å². The molecule has 192 valence electrons. The molecule has 0 aromatic heterocycles. The first-order valence-corrected chi connectivity index (χ1v) is 11.8. The molecular weight excluding hydrogens is 571 g/mol. The Hall–Kier alpha value is -3.96. The smallest absolute Gasteiger partial charge is 0.329 e. The number of carbonyl (C=O) groups is 3. The predicted octanol–water partition coefficient (Wildman–Crippen LogP) is 4.66. The van der Waals surface area contributed by atoms with E-state index in [2.05, 4.69) is 37.1 Å². The van der Waals surface area contributed by atoms with Gasteiger partial charge in [-0.3, -0.25) is 14.4 Å². The quantitative estimate of drug-likeness (QED) is 0.200. The number of hydrogen-bond donors (Lipinski definition) is 3. The van der Waals surface area contributed by atoms with Crippen molar-refractivity contribution in [1.29, 1.82) is 0 Å². The molecular formula is C25H21BrClFN4O5. The number of methoxy groups -OCH3 is 1. The summed E-state index contributed by atoms with van der Waals surface area (Å²) < 4.78 is 24.4. The Morgan fingerprint density at radius 1 is 1.08 bits per heavy atom. The molecule has 12 heteroatoms. The van der Waals surface area contributed by atoms with Gasteiger partial charge in [0.1, 0.15) is 5.82 Å². The van der Waals surface area contributed by atoms with E-state index in [0.29, 0.717) is 26.5 Å². The molecule has 3 rings (SSSR count). The molecule has 0 unspecified atom stereocenters. The maximum absolute atomic E-state index is 12.9. The van der Waals surface area contributed by atoms with Crippen LogP contribution in [-0.2, 0) is 14.4 Å². The number of benzene rings is 3. The summed E-state index contributed by atoms with van der Waals surface area (Å²) >= 11 is 9.45. The van der Waals surface area contributed by atoms with Gasteiger partial charge in [-0.15, -0.1) is 0 Å². The van der Waals surface area contributed by atoms with Crippen molar-refractivity contribution in [1.82, 2.24) is 5.43 Å². The molecule has 0 atom stereocenters. The zero-order chi connectivity index (χ0) is 26.9. The van der Waals surface area contributed by atoms with E-state index >= 15 is 0 Å². The van der Waals surface area contributed by atoms with Crippen molar-refractivity contribution in [2.45, 2.75) is 6.92 Å². The SMILES string of the molecule is COc1cc(/C=N\NC(=O)C(=O)Nc2ccc(F)cc2)cc(Br)c1OCC(=O)Nc1cccc(Cl)c1C. The Morgan fingerprint density at radius 3 is 2.51 bits per heavy atom. The van der Waals surface area contributed by atoms with Crippen LogP contribution in [-0.4, -0.2) is 37.7 Å². The number of halogens is 3. The van der Waals surface area contributed by atoms with Gasteiger partial charge < -0.3 is 20.1 Å². The molecule has 0 spiro atoms. The summed E-state index contributed by atoms with van der Waals surface area (Å²) in [7, 11) is 1.42. The Bertz CT molecular complexity index is 1350. The number of ether oxygens (including phenoxy) is 2. The molecule has 0 radical (unpaired) electrons. The molecule has 37 heavy (non-hydrogen) atoms. The highest BCUT2D eigenvalue weighted by molar-refractivity contribution is 9.10. The zero-order valence-corrected chi connectivity index (χ0v) is 21.9. The van der Waals surface area contributed by atoms with Gasteiger partial charge in [-0.25, -0.2) is 9.82 Å². The van der Waals surface area contributed by atoms with E-state index in [-0.39, 0.29) is 18.0 Å². The second-order valence-electron chi connectivity index (χ2n) is 7.44. The maximum atomic E-state index is 12.9. The molecule has 0 aliphatic heterocycles. The Balaban J connectivity index is 1.59. The number of hydrogen-bond acceptors (Lipinski definition) is 6. The van der Waals surface area contributed by atoms with Crippen molar-refractivity contribution < 1.29 is 28.2 Å². The summed E-state index contributed by atoms with van der Waals surface area (Å²) in [6, 6.07) is 13.3. The summed E-state index contributed by atoms with van der Waals surface area (Å²) in [6.45, 7) is 1.49. The second kappa shape index (κ2) is 12.8. The molecule has 3 amide bonds. The third kappa shape index (κ3) is 7.76. The van der Waals surface area contributed by atoms with E-state index in [4.69, 9.17) is 21.1 Å². The van der Waals surface area contributed by atoms with Gasteiger partial charge >= 0.3 is 11.8 Å². The van der Waals surface area contributed by atoms with Crippen molar-refractivity contribution in [2.24, 2.45) is 5.10 Å². The molecule has 3 aromatic rings. The fraction of sp³-hybridized carbons (Fsp3) is 0.120. The van der Waals surface area contributed by atoms with Gasteiger partial charge in [0.25, 0.3) is 5.91 Å². The molecule has 3 N–H and O–H groups in total. The fourth-order valence-corrected chi connectivity index (χ4v) is 3.71. The van der Waals surface area contributed by atoms with Crippen LogP contribution in [0.1, 0.15) is 11.1 Å². The fourth-order valence-electron chi connectivity index (χ4n) is 2.96. The van der Waals surface area contributed by atoms with Crippen LogP contribution in [0.3, 0.4) is 0 Å². The highest BCUT2D eigenvalue weighted by Crippen LogP contribution is 2.36. The van der Waals surface area contributed by atoms with Gasteiger partial charge in [-0.2, -0.15) is 5.10 Å². The molecule has 3 aromatic carbocycles. The molecule has 0 saturated heterocycles. The van der Waals surface area contributed by atoms with Gasteiger partial charge in [0.2, 0.25) is 0 Å². The van der Waals surface area contributed by atoms with E-state index in [1.807, 2.05) is 0 Å². The summed E-state index contributed by atoms with van der Waals surface area (Å²) in [4.78, 5) is 36.3. The number of amides is 3. The highest BCUT2D eigenvalue weighted by Gasteiger charge is 2.15. The van der Waals surface area contributed by atoms with Crippen LogP contribution in [0.15, 0.2) is 64.2 Å². The maximum Gasteiger partial charge on any atom is 0.329 e. The van der Waals surface area contributed by atoms with Crippen molar-refractivity contribution in [3.8, 4) is 11.5 Å². The molecule has 0 bridgehead atoms. The van der Waals surface area contributed by atoms with E-state index in [9.17, 15) is 18.8 Å². The molecule has 9 nitrogen and oxygen atoms in total. The molecule has 0 aliphatic rings. The first-order valence-electron chi connectivity index (χ1n) is 10.6. The van der Waals surface area contributed by atoms with Crippen LogP contribution in [0, 0.1) is 12.7 Å². The average Bonchev–Trinajstić information content (AvgIpc) is 2.87. The highest BCUT2D eigenvalue weighted by atomic mass is 79.9. The molecule has 0 saturated carbocycles. The van der Waals surface area contributed by atoms with E-state index < -0.39 is 23.5 Å². The first-order chi connectivity index (χ1) is 17.7. The first kappa shape index (κ1) is 27.6. The topological polar surface area (TPSA) is 118 Å². The number of hydrazone groups is 1. The monoisotopic (exact) mass is 590 g/mol. The Kier molecular flexibility index (Phi) is 9.58. The minimum Gasteiger partial charge on any atom is -0.493 e. The van der Waals surface area contributed by atoms with Crippen LogP contribution in [0.4, 0.5) is 15.8 Å². The Morgan fingerprint density at radius 2 is 1.81 bits per heavy atom. The largest absolute Gasteiger partial charge is 0.493 e. The molecule has 0 aliphatic carbocycles. The van der Waals surface area contributed by atoms with Crippen LogP contribution >= 0.6 is 27.5 Å². The number of anilines is 2. The zero-order valence-electron chi connectivity index (χ0n) is 19.6. The van der Waals surface area contributed by atoms with Crippen molar-refractivity contribution >= 4 is 62.8 Å². The summed E-state index contributed by atoms with van der Waals surface area (Å²) in [5.74, 6) is -2.29. The van der Waals surface area contributed by atoms with Crippen molar-refractivity contribution in [3.05, 3.63) is 81.0 Å². The van der Waals surface area contributed by atoms with E-state index in [0.717, 1.165) is 17.7 Å². The lowest BCUT2D eigenvalue weighted by Crippen LogP contribution is -2.32. The second-order valence-corrected chi connectivity index (χ2v) is 8.71. The summed E-state index contributed by atoms with van der Waals surface area (Å²) in [5, 5.41) is 9.36. The van der Waals surface area contributed by atoms with Crippen LogP contribution in [0.5, 0.6) is 11.5 Å². The number of rotatable bonds is 8. The van der Waals surface area contributed by atoms with Crippen LogP contribution in [0.25, 0.3) is 0 Å². The summed E-state index contributed by atoms with van der Waals surface area (Å²) in [5.41, 5.74) is 4.16. The van der Waals surface area contributed by atoms with Crippen molar-refractivity contribution in [3.63, 3.8) is 0 Å². The van der Waals surface area contributed by atoms with Gasteiger partial charge in [0, 0.05) is 16.4 Å². The minimum absolute atomic E-state index is 0.256. The number of nitrogens with one attached hydrogen (secondary N) is 3. The van der Waals surface area contributed by atoms with Gasteiger partial charge in [-0.1, -0.05) is 17.7 Å². The van der Waals surface area contributed by atoms with Gasteiger partial charge in [0.15, 0.2) is 18.1 Å². The lowest BCUT2D eigenvalue weighted by Gasteiger charge is -2.14. The number of carbonyl (C=O) groups excluding carboxylic acids is 3. The third-order valence-electron chi connectivity index (χ3n) is 4.83. The van der Waals surface area contributed by atoms with Crippen LogP contribution in [0.2, 0.25) is 5.02 Å². The number of nitrogens with zero attached hydrogens (tertiary/aromatic N) is 1. The predicted molar refractivity (Wildman–Crippen MR) is 142 cm³/mol. The normalized spacial score (nSPS) is 10.6. The standard InChI is InChI=1S/C25H21BrClFN4O5/c1-14-19(27)4-3-5-20(14)31-22(33)13-37-23-18(26)10-15(11-21(23)36-2)12-29-32-25(35)24(34)30-17-8-6-16(28)7-9-17/h3-12H,13H2,1-2H3,(H,30,34)(H,31,33)(H,32,35)/b29-12-. The van der Waals surface area contributed by atoms with Gasteiger partial charge in [0.05, 0.1) is 17.8 Å². The third-order valence-corrected chi connectivity index (χ3v) is 5.83. The lowest BCUT2D eigenvalue weighted by atomic mass is 10.2. The van der Waals surface area contributed by atoms with E-state index in [1.54, 1.807) is 37.3 Å². The van der Waals surface area contributed by atoms with E-state index in [1.165, 1.54) is 25.5 Å². The summed E-state index contributed by atoms with van der Waals surface area (Å²) in [6.07, 6.45) is 1.29. The molecule has 0 heterocycles. The lowest BCUT2D eigenvalue weighted by molar-refractivity contribution is -0.136. The van der Waals surface area contributed by atoms with Crippen molar-refractivity contribution in [2.75, 3.05) is 24.4 Å². The van der Waals surface area contributed by atoms with Gasteiger partial charge in [-0.05, 0) is 82.5 Å².